The molecule has 1 rings (SSSR count). The van der Waals surface area contributed by atoms with E-state index in [-0.39, 0.29) is 12.0 Å². The Morgan fingerprint density at radius 3 is 1.17 bits per heavy atom. The SMILES string of the molecule is CCCCCCCCCCCCCCP(CCCCCC)(CCCCCC)(CCCCCC)OC(=O)[C@H]1CCCN1. The molecule has 4 heteroatoms. The summed E-state index contributed by atoms with van der Waals surface area (Å²) in [4.78, 5) is 13.8. The van der Waals surface area contributed by atoms with Gasteiger partial charge in [0.05, 0.1) is 0 Å². The van der Waals surface area contributed by atoms with E-state index in [1.165, 1.54) is 179 Å². The van der Waals surface area contributed by atoms with Crippen LogP contribution in [0.15, 0.2) is 0 Å². The first kappa shape index (κ1) is 38.9. The third-order valence-corrected chi connectivity index (χ3v) is 16.5. The normalized spacial score (nSPS) is 16.6. The first-order valence-electron chi connectivity index (χ1n) is 19.0. The summed E-state index contributed by atoms with van der Waals surface area (Å²) in [5, 5.41) is 3.49. The van der Waals surface area contributed by atoms with E-state index in [2.05, 4.69) is 33.0 Å². The molecule has 0 aromatic rings. The van der Waals surface area contributed by atoms with Crippen molar-refractivity contribution in [3.05, 3.63) is 0 Å². The zero-order valence-electron chi connectivity index (χ0n) is 28.8. The van der Waals surface area contributed by atoms with Gasteiger partial charge in [0.2, 0.25) is 0 Å². The maximum atomic E-state index is 13.8. The fourth-order valence-corrected chi connectivity index (χ4v) is 13.7. The molecule has 1 fully saturated rings. The van der Waals surface area contributed by atoms with Crippen LogP contribution in [-0.2, 0) is 9.32 Å². The van der Waals surface area contributed by atoms with Crippen LogP contribution in [0.4, 0.5) is 0 Å². The average molecular weight is 598 g/mol. The van der Waals surface area contributed by atoms with Crippen molar-refractivity contribution in [3.63, 3.8) is 0 Å². The predicted octanol–water partition coefficient (Wildman–Crippen LogP) is 12.2. The van der Waals surface area contributed by atoms with Crippen LogP contribution in [-0.4, -0.2) is 43.2 Å². The number of hydrogen-bond donors (Lipinski definition) is 1. The van der Waals surface area contributed by atoms with E-state index in [0.717, 1.165) is 19.4 Å². The average Bonchev–Trinajstić information content (AvgIpc) is 3.53. The summed E-state index contributed by atoms with van der Waals surface area (Å²) in [6.07, 6.45) is 39.0. The summed E-state index contributed by atoms with van der Waals surface area (Å²) in [5.41, 5.74) is 0. The Morgan fingerprint density at radius 1 is 0.537 bits per heavy atom. The van der Waals surface area contributed by atoms with Crippen LogP contribution in [0.5, 0.6) is 0 Å². The molecule has 1 N–H and O–H groups in total. The van der Waals surface area contributed by atoms with Crippen LogP contribution in [0.2, 0.25) is 0 Å². The fraction of sp³-hybridized carbons (Fsp3) is 0.973. The Balaban J connectivity index is 2.91. The van der Waals surface area contributed by atoms with Gasteiger partial charge >= 0.3 is 246 Å². The molecule has 3 nitrogen and oxygen atoms in total. The van der Waals surface area contributed by atoms with E-state index in [1.54, 1.807) is 0 Å². The van der Waals surface area contributed by atoms with E-state index in [4.69, 9.17) is 4.52 Å². The molecule has 1 atom stereocenters. The van der Waals surface area contributed by atoms with E-state index in [9.17, 15) is 4.79 Å². The second kappa shape index (κ2) is 25.2. The van der Waals surface area contributed by atoms with Crippen molar-refractivity contribution < 1.29 is 9.32 Å². The standard InChI is InChI=1S/C37H76NO2P/c1-5-9-13-17-18-19-20-21-22-23-24-28-35-41(32-25-14-10-6-2,33-26-15-11-7-3,34-27-16-12-8-4)40-37(39)36-30-29-31-38-36/h36,38H,5-35H2,1-4H3/t36-/m1/s1. The van der Waals surface area contributed by atoms with Gasteiger partial charge in [-0.1, -0.05) is 13.3 Å². The molecule has 0 spiro atoms. The summed E-state index contributed by atoms with van der Waals surface area (Å²) in [7, 11) is 0. The summed E-state index contributed by atoms with van der Waals surface area (Å²) < 4.78 is 7.18. The van der Waals surface area contributed by atoms with Gasteiger partial charge < -0.3 is 0 Å². The second-order valence-corrected chi connectivity index (χ2v) is 19.6. The molecule has 1 saturated heterocycles. The van der Waals surface area contributed by atoms with E-state index < -0.39 is 6.83 Å². The molecule has 0 unspecified atom stereocenters. The van der Waals surface area contributed by atoms with Gasteiger partial charge in [0.15, 0.2) is 0 Å². The van der Waals surface area contributed by atoms with Crippen molar-refractivity contribution in [1.82, 2.24) is 5.32 Å². The number of hydrogen-bond acceptors (Lipinski definition) is 3. The van der Waals surface area contributed by atoms with Gasteiger partial charge in [-0.25, -0.2) is 0 Å². The Kier molecular flexibility index (Phi) is 23.9. The van der Waals surface area contributed by atoms with Crippen LogP contribution >= 0.6 is 6.83 Å². The number of carbonyl (C=O) groups is 1. The fourth-order valence-electron chi connectivity index (χ4n) is 7.23. The van der Waals surface area contributed by atoms with Gasteiger partial charge in [0.25, 0.3) is 0 Å². The summed E-state index contributed by atoms with van der Waals surface area (Å²) in [6, 6.07) is -0.0552. The monoisotopic (exact) mass is 598 g/mol. The van der Waals surface area contributed by atoms with E-state index in [0.29, 0.717) is 0 Å². The molecular formula is C37H76NO2P. The maximum absolute atomic E-state index is 13.8. The molecule has 246 valence electrons. The molecule has 0 aromatic heterocycles. The summed E-state index contributed by atoms with van der Waals surface area (Å²) in [5.74, 6) is 0.126. The van der Waals surface area contributed by atoms with Crippen LogP contribution in [0.25, 0.3) is 0 Å². The molecule has 0 saturated carbocycles. The molecule has 0 radical (unpaired) electrons. The minimum absolute atomic E-state index is 0.0552. The zero-order chi connectivity index (χ0) is 29.9. The zero-order valence-corrected chi connectivity index (χ0v) is 29.7. The van der Waals surface area contributed by atoms with Crippen LogP contribution in [0.3, 0.4) is 0 Å². The minimum atomic E-state index is -2.62. The number of unbranched alkanes of at least 4 members (excludes halogenated alkanes) is 20. The molecule has 41 heavy (non-hydrogen) atoms. The van der Waals surface area contributed by atoms with Gasteiger partial charge in [-0.3, -0.25) is 0 Å². The van der Waals surface area contributed by atoms with Gasteiger partial charge in [-0.2, -0.15) is 0 Å². The van der Waals surface area contributed by atoms with Gasteiger partial charge in [0.1, 0.15) is 0 Å². The van der Waals surface area contributed by atoms with E-state index >= 15 is 0 Å². The molecule has 1 heterocycles. The molecule has 1 aliphatic heterocycles. The molecule has 0 bridgehead atoms. The quantitative estimate of drug-likeness (QED) is 0.0661. The van der Waals surface area contributed by atoms with Crippen molar-refractivity contribution in [1.29, 1.82) is 0 Å². The Hall–Kier alpha value is -0.140. The first-order chi connectivity index (χ1) is 20.0. The molecule has 0 amide bonds. The van der Waals surface area contributed by atoms with Gasteiger partial charge in [0, 0.05) is 0 Å². The van der Waals surface area contributed by atoms with E-state index in [1.807, 2.05) is 0 Å². The molecule has 0 aromatic carbocycles. The van der Waals surface area contributed by atoms with Gasteiger partial charge in [-0.15, -0.1) is 0 Å². The van der Waals surface area contributed by atoms with Crippen molar-refractivity contribution in [2.24, 2.45) is 0 Å². The predicted molar refractivity (Wildman–Crippen MR) is 187 cm³/mol. The van der Waals surface area contributed by atoms with Crippen molar-refractivity contribution >= 4 is 12.8 Å². The summed E-state index contributed by atoms with van der Waals surface area (Å²) >= 11 is 0. The number of carbonyl (C=O) groups excluding carboxylic acids is 1. The molecule has 1 aliphatic rings. The number of rotatable bonds is 30. The third kappa shape index (κ3) is 17.7. The molecular weight excluding hydrogens is 521 g/mol. The molecule has 0 aliphatic carbocycles. The number of nitrogens with one attached hydrogen (secondary N) is 1. The van der Waals surface area contributed by atoms with Gasteiger partial charge in [-0.05, 0) is 0 Å². The van der Waals surface area contributed by atoms with Crippen LogP contribution in [0.1, 0.15) is 195 Å². The van der Waals surface area contributed by atoms with Crippen molar-refractivity contribution in [2.45, 2.75) is 201 Å². The Labute approximate surface area is 258 Å². The second-order valence-electron chi connectivity index (χ2n) is 13.9. The Morgan fingerprint density at radius 2 is 0.854 bits per heavy atom. The first-order valence-corrected chi connectivity index (χ1v) is 21.9. The summed E-state index contributed by atoms with van der Waals surface area (Å²) in [6.45, 7) is 7.59. The van der Waals surface area contributed by atoms with Crippen molar-refractivity contribution in [3.8, 4) is 0 Å². The Bertz CT molecular complexity index is 570. The van der Waals surface area contributed by atoms with Crippen LogP contribution < -0.4 is 5.32 Å². The van der Waals surface area contributed by atoms with Crippen LogP contribution in [0, 0.1) is 0 Å². The van der Waals surface area contributed by atoms with Crippen molar-refractivity contribution in [2.75, 3.05) is 31.2 Å². The topological polar surface area (TPSA) is 38.3 Å². The third-order valence-electron chi connectivity index (χ3n) is 10.0.